The highest BCUT2D eigenvalue weighted by Gasteiger charge is 2.32. The molecule has 0 radical (unpaired) electrons. The number of ether oxygens (including phenoxy) is 3. The summed E-state index contributed by atoms with van der Waals surface area (Å²) in [7, 11) is 0. The molecule has 2 heterocycles. The van der Waals surface area contributed by atoms with E-state index in [1.807, 2.05) is 6.92 Å². The summed E-state index contributed by atoms with van der Waals surface area (Å²) in [6.45, 7) is 5.37. The van der Waals surface area contributed by atoms with E-state index in [-0.39, 0.29) is 31.1 Å². The second-order valence-electron chi connectivity index (χ2n) is 7.59. The third kappa shape index (κ3) is 6.98. The van der Waals surface area contributed by atoms with Gasteiger partial charge in [-0.25, -0.2) is 0 Å². The van der Waals surface area contributed by atoms with Crippen molar-refractivity contribution in [3.05, 3.63) is 29.8 Å². The van der Waals surface area contributed by atoms with E-state index < -0.39 is 17.8 Å². The number of hydrogen-bond acceptors (Lipinski definition) is 5. The first-order chi connectivity index (χ1) is 14.9. The molecule has 0 aromatic heterocycles. The average Bonchev–Trinajstić information content (AvgIpc) is 3.30. The molecular weight excluding hydrogens is 415 g/mol. The molecule has 174 valence electrons. The van der Waals surface area contributed by atoms with Crippen LogP contribution in [0.1, 0.15) is 25.3 Å². The zero-order valence-corrected chi connectivity index (χ0v) is 17.6. The third-order valence-corrected chi connectivity index (χ3v) is 5.18. The predicted molar refractivity (Wildman–Crippen MR) is 109 cm³/mol. The van der Waals surface area contributed by atoms with Crippen molar-refractivity contribution in [2.75, 3.05) is 46.0 Å². The maximum Gasteiger partial charge on any atom is 0.416 e. The molecule has 10 heteroatoms. The number of hydrogen-bond donors (Lipinski definition) is 2. The molecular formula is C21H30F3N3O4. The largest absolute Gasteiger partial charge is 0.491 e. The van der Waals surface area contributed by atoms with E-state index >= 15 is 0 Å². The Hall–Kier alpha value is -2.04. The van der Waals surface area contributed by atoms with Crippen molar-refractivity contribution < 1.29 is 32.5 Å². The van der Waals surface area contributed by atoms with Crippen LogP contribution in [0, 0.1) is 0 Å². The lowest BCUT2D eigenvalue weighted by Gasteiger charge is -2.37. The first kappa shape index (κ1) is 23.6. The summed E-state index contributed by atoms with van der Waals surface area (Å²) in [5.41, 5.74) is -0.743. The second-order valence-corrected chi connectivity index (χ2v) is 7.59. The van der Waals surface area contributed by atoms with E-state index in [0.717, 1.165) is 31.6 Å². The molecule has 0 saturated carbocycles. The zero-order valence-electron chi connectivity index (χ0n) is 17.6. The highest BCUT2D eigenvalue weighted by atomic mass is 19.4. The summed E-state index contributed by atoms with van der Waals surface area (Å²) in [4.78, 5) is 6.61. The van der Waals surface area contributed by atoms with E-state index in [9.17, 15) is 18.3 Å². The van der Waals surface area contributed by atoms with E-state index in [0.29, 0.717) is 32.2 Å². The van der Waals surface area contributed by atoms with Crippen LogP contribution in [0.25, 0.3) is 0 Å². The number of halogens is 3. The van der Waals surface area contributed by atoms with Crippen LogP contribution < -0.4 is 10.1 Å². The van der Waals surface area contributed by atoms with E-state index in [4.69, 9.17) is 14.2 Å². The van der Waals surface area contributed by atoms with Crippen molar-refractivity contribution in [3.63, 3.8) is 0 Å². The van der Waals surface area contributed by atoms with E-state index in [2.05, 4.69) is 15.2 Å². The Kier molecular flexibility index (Phi) is 8.39. The number of alkyl halides is 3. The lowest BCUT2D eigenvalue weighted by Crippen LogP contribution is -2.53. The van der Waals surface area contributed by atoms with Crippen LogP contribution in [0.3, 0.4) is 0 Å². The van der Waals surface area contributed by atoms with Gasteiger partial charge in [-0.2, -0.15) is 13.2 Å². The van der Waals surface area contributed by atoms with Gasteiger partial charge in [-0.15, -0.1) is 0 Å². The predicted octanol–water partition coefficient (Wildman–Crippen LogP) is 2.29. The Morgan fingerprint density at radius 2 is 2.00 bits per heavy atom. The minimum atomic E-state index is -4.39. The lowest BCUT2D eigenvalue weighted by atomic mass is 10.1. The first-order valence-electron chi connectivity index (χ1n) is 10.6. The fourth-order valence-corrected chi connectivity index (χ4v) is 3.59. The smallest absolute Gasteiger partial charge is 0.416 e. The van der Waals surface area contributed by atoms with Crippen molar-refractivity contribution in [2.24, 2.45) is 4.99 Å². The van der Waals surface area contributed by atoms with Gasteiger partial charge in [0.1, 0.15) is 24.6 Å². The van der Waals surface area contributed by atoms with Gasteiger partial charge < -0.3 is 29.5 Å². The number of nitrogens with zero attached hydrogens (tertiary/aromatic N) is 2. The first-order valence-corrected chi connectivity index (χ1v) is 10.6. The highest BCUT2D eigenvalue weighted by molar-refractivity contribution is 5.80. The quantitative estimate of drug-likeness (QED) is 0.496. The number of nitrogens with one attached hydrogen (secondary N) is 1. The van der Waals surface area contributed by atoms with Crippen LogP contribution in [0.15, 0.2) is 29.3 Å². The maximum atomic E-state index is 12.6. The van der Waals surface area contributed by atoms with Gasteiger partial charge in [0, 0.05) is 26.2 Å². The van der Waals surface area contributed by atoms with Gasteiger partial charge in [-0.05, 0) is 44.0 Å². The molecule has 0 aliphatic carbocycles. The van der Waals surface area contributed by atoms with Crippen LogP contribution in [0.4, 0.5) is 13.2 Å². The van der Waals surface area contributed by atoms with Crippen molar-refractivity contribution in [1.29, 1.82) is 0 Å². The second kappa shape index (κ2) is 11.0. The molecule has 1 aromatic carbocycles. The summed E-state index contributed by atoms with van der Waals surface area (Å²) >= 11 is 0. The Morgan fingerprint density at radius 1 is 1.26 bits per heavy atom. The van der Waals surface area contributed by atoms with Crippen molar-refractivity contribution >= 4 is 5.96 Å². The molecule has 0 amide bonds. The third-order valence-electron chi connectivity index (χ3n) is 5.18. The van der Waals surface area contributed by atoms with Gasteiger partial charge >= 0.3 is 6.18 Å². The van der Waals surface area contributed by atoms with E-state index in [1.165, 1.54) is 12.1 Å². The van der Waals surface area contributed by atoms with Crippen LogP contribution in [0.5, 0.6) is 5.75 Å². The summed E-state index contributed by atoms with van der Waals surface area (Å²) in [6, 6.07) is 4.38. The minimum absolute atomic E-state index is 0.00645. The van der Waals surface area contributed by atoms with Gasteiger partial charge in [-0.1, -0.05) is 0 Å². The Morgan fingerprint density at radius 3 is 2.65 bits per heavy atom. The number of morpholine rings is 1. The molecule has 2 aliphatic rings. The van der Waals surface area contributed by atoms with Gasteiger partial charge in [0.25, 0.3) is 0 Å². The molecule has 3 atom stereocenters. The van der Waals surface area contributed by atoms with Gasteiger partial charge in [0.05, 0.1) is 24.8 Å². The molecule has 2 fully saturated rings. The molecule has 0 spiro atoms. The van der Waals surface area contributed by atoms with Gasteiger partial charge in [-0.3, -0.25) is 4.99 Å². The number of guanidine groups is 1. The average molecular weight is 445 g/mol. The van der Waals surface area contributed by atoms with Crippen LogP contribution in [-0.2, 0) is 15.7 Å². The summed E-state index contributed by atoms with van der Waals surface area (Å²) in [5.74, 6) is 0.942. The molecule has 3 unspecified atom stereocenters. The molecule has 3 rings (SSSR count). The molecule has 1 aromatic rings. The fraction of sp³-hybridized carbons (Fsp3) is 0.667. The minimum Gasteiger partial charge on any atom is -0.491 e. The number of aliphatic imine (C=N–C) groups is 1. The summed E-state index contributed by atoms with van der Waals surface area (Å²) < 4.78 is 54.9. The topological polar surface area (TPSA) is 75.6 Å². The fourth-order valence-electron chi connectivity index (χ4n) is 3.59. The Labute approximate surface area is 180 Å². The summed E-state index contributed by atoms with van der Waals surface area (Å²) in [5, 5.41) is 13.5. The molecule has 7 nitrogen and oxygen atoms in total. The lowest BCUT2D eigenvalue weighted by molar-refractivity contribution is -0.137. The molecule has 0 bridgehead atoms. The van der Waals surface area contributed by atoms with Crippen molar-refractivity contribution in [2.45, 2.75) is 44.3 Å². The molecule has 2 saturated heterocycles. The van der Waals surface area contributed by atoms with Crippen LogP contribution in [0.2, 0.25) is 0 Å². The summed E-state index contributed by atoms with van der Waals surface area (Å²) in [6.07, 6.45) is -3.15. The zero-order chi connectivity index (χ0) is 22.3. The number of rotatable bonds is 7. The number of aliphatic hydroxyl groups excluding tert-OH is 1. The SMILES string of the molecule is CCNC(=NCC(O)COc1ccc(C(F)(F)F)cc1)N1CCOC(C2CCCO2)C1. The van der Waals surface area contributed by atoms with Crippen LogP contribution >= 0.6 is 0 Å². The van der Waals surface area contributed by atoms with Gasteiger partial charge in [0.2, 0.25) is 0 Å². The standard InChI is InChI=1S/C21H30F3N3O4/c1-2-25-20(27-9-11-30-19(13-27)18-4-3-10-29-18)26-12-16(28)14-31-17-7-5-15(6-8-17)21(22,23)24/h5-8,16,18-19,28H,2-4,9-14H2,1H3,(H,25,26). The molecule has 2 N–H and O–H groups in total. The maximum absolute atomic E-state index is 12.6. The van der Waals surface area contributed by atoms with Crippen molar-refractivity contribution in [1.82, 2.24) is 10.2 Å². The molecule has 31 heavy (non-hydrogen) atoms. The number of aliphatic hydroxyl groups is 1. The van der Waals surface area contributed by atoms with Gasteiger partial charge in [0.15, 0.2) is 5.96 Å². The van der Waals surface area contributed by atoms with Crippen LogP contribution in [-0.4, -0.2) is 80.3 Å². The van der Waals surface area contributed by atoms with E-state index in [1.54, 1.807) is 0 Å². The molecule has 2 aliphatic heterocycles. The van der Waals surface area contributed by atoms with Crippen molar-refractivity contribution in [3.8, 4) is 5.75 Å². The highest BCUT2D eigenvalue weighted by Crippen LogP contribution is 2.30. The Balaban J connectivity index is 1.51. The Bertz CT molecular complexity index is 709. The number of benzene rings is 1. The normalized spacial score (nSPS) is 23.6. The monoisotopic (exact) mass is 445 g/mol.